The largest absolute Gasteiger partial charge is 0.393 e. The number of likely N-dealkylation sites (tertiary alicyclic amines) is 1. The molecule has 1 aliphatic carbocycles. The fraction of sp³-hybridized carbons (Fsp3) is 0.682. The van der Waals surface area contributed by atoms with Crippen LogP contribution in [0.5, 0.6) is 0 Å². The topological polar surface area (TPSA) is 59.9 Å². The first-order chi connectivity index (χ1) is 14.3. The number of nitrogens with zero attached hydrogens (tertiary/aromatic N) is 2. The minimum absolute atomic E-state index is 0. The molecule has 0 aromatic heterocycles. The monoisotopic (exact) mass is 554 g/mol. The number of hydrogen-bond acceptors (Lipinski definition) is 3. The van der Waals surface area contributed by atoms with Gasteiger partial charge in [-0.2, -0.15) is 13.2 Å². The maximum atomic E-state index is 13.0. The molecule has 3 rings (SSSR count). The number of piperidine rings is 1. The second-order valence-corrected chi connectivity index (χ2v) is 8.50. The summed E-state index contributed by atoms with van der Waals surface area (Å²) >= 11 is 0. The normalized spacial score (nSPS) is 23.8. The molecule has 1 aromatic rings. The molecule has 3 N–H and O–H groups in total. The maximum absolute atomic E-state index is 13.0. The number of aliphatic imine (C=N–C) groups is 1. The van der Waals surface area contributed by atoms with E-state index in [0.717, 1.165) is 44.5 Å². The lowest BCUT2D eigenvalue weighted by Gasteiger charge is -2.32. The Hall–Kier alpha value is -1.07. The average Bonchev–Trinajstić information content (AvgIpc) is 2.73. The molecule has 1 saturated carbocycles. The van der Waals surface area contributed by atoms with Crippen LogP contribution in [0.2, 0.25) is 0 Å². The van der Waals surface area contributed by atoms with Gasteiger partial charge in [0.1, 0.15) is 0 Å². The van der Waals surface area contributed by atoms with Crippen LogP contribution in [-0.2, 0) is 13.1 Å². The van der Waals surface area contributed by atoms with Gasteiger partial charge in [0.05, 0.1) is 12.0 Å². The van der Waals surface area contributed by atoms with Crippen molar-refractivity contribution in [3.8, 4) is 0 Å². The lowest BCUT2D eigenvalue weighted by molar-refractivity contribution is -0.183. The van der Waals surface area contributed by atoms with Crippen molar-refractivity contribution in [1.82, 2.24) is 15.5 Å². The van der Waals surface area contributed by atoms with Crippen LogP contribution in [0.3, 0.4) is 0 Å². The van der Waals surface area contributed by atoms with Crippen LogP contribution in [-0.4, -0.2) is 54.4 Å². The van der Waals surface area contributed by atoms with Crippen molar-refractivity contribution in [3.63, 3.8) is 0 Å². The summed E-state index contributed by atoms with van der Waals surface area (Å²) in [4.78, 5) is 6.52. The third kappa shape index (κ3) is 8.42. The summed E-state index contributed by atoms with van der Waals surface area (Å²) in [7, 11) is 1.64. The van der Waals surface area contributed by atoms with Crippen LogP contribution < -0.4 is 10.6 Å². The van der Waals surface area contributed by atoms with E-state index in [1.807, 2.05) is 0 Å². The molecule has 2 aliphatic rings. The molecule has 9 heteroatoms. The van der Waals surface area contributed by atoms with Gasteiger partial charge in [0.2, 0.25) is 0 Å². The first-order valence-electron chi connectivity index (χ1n) is 10.9. The number of halogens is 4. The summed E-state index contributed by atoms with van der Waals surface area (Å²) < 4.78 is 39.0. The molecule has 1 aliphatic heterocycles. The smallest absolute Gasteiger partial charge is 0.391 e. The van der Waals surface area contributed by atoms with E-state index in [1.165, 1.54) is 5.56 Å². The van der Waals surface area contributed by atoms with Crippen molar-refractivity contribution in [2.75, 3.05) is 20.1 Å². The van der Waals surface area contributed by atoms with Gasteiger partial charge in [-0.1, -0.05) is 30.7 Å². The van der Waals surface area contributed by atoms with Gasteiger partial charge in [-0.3, -0.25) is 9.89 Å². The van der Waals surface area contributed by atoms with Crippen molar-refractivity contribution in [3.05, 3.63) is 35.4 Å². The van der Waals surface area contributed by atoms with Crippen LogP contribution >= 0.6 is 24.0 Å². The van der Waals surface area contributed by atoms with E-state index >= 15 is 0 Å². The number of hydrogen-bond donors (Lipinski definition) is 3. The number of aliphatic hydroxyl groups is 1. The van der Waals surface area contributed by atoms with E-state index in [-0.39, 0.29) is 49.0 Å². The van der Waals surface area contributed by atoms with Crippen molar-refractivity contribution in [2.24, 2.45) is 10.9 Å². The van der Waals surface area contributed by atoms with Crippen molar-refractivity contribution >= 4 is 29.9 Å². The summed E-state index contributed by atoms with van der Waals surface area (Å²) in [6.07, 6.45) is -0.980. The third-order valence-electron chi connectivity index (χ3n) is 6.15. The first-order valence-corrected chi connectivity index (χ1v) is 10.9. The van der Waals surface area contributed by atoms with E-state index in [4.69, 9.17) is 0 Å². The number of guanidine groups is 1. The van der Waals surface area contributed by atoms with E-state index in [2.05, 4.69) is 44.8 Å². The van der Waals surface area contributed by atoms with Gasteiger partial charge in [-0.05, 0) is 43.2 Å². The standard InChI is InChI=1S/C22H33F3N4O.HI/c1-26-21(28-19-4-2-3-18(13-19)22(23,24)25)27-14-16-5-7-17(8-6-16)15-29-11-9-20(30)10-12-29;/h5-8,18-20,30H,2-4,9-15H2,1H3,(H2,26,27,28);1H. The van der Waals surface area contributed by atoms with Gasteiger partial charge in [0.15, 0.2) is 5.96 Å². The summed E-state index contributed by atoms with van der Waals surface area (Å²) in [6.45, 7) is 3.28. The SMILES string of the molecule is CN=C(NCc1ccc(CN2CCC(O)CC2)cc1)NC1CCCC(C(F)(F)F)C1.I. The van der Waals surface area contributed by atoms with E-state index in [0.29, 0.717) is 18.9 Å². The molecule has 0 spiro atoms. The molecule has 1 aromatic carbocycles. The van der Waals surface area contributed by atoms with Gasteiger partial charge >= 0.3 is 6.18 Å². The van der Waals surface area contributed by atoms with Gasteiger partial charge in [-0.15, -0.1) is 24.0 Å². The number of rotatable bonds is 5. The highest BCUT2D eigenvalue weighted by atomic mass is 127. The molecule has 0 amide bonds. The van der Waals surface area contributed by atoms with E-state index in [9.17, 15) is 18.3 Å². The van der Waals surface area contributed by atoms with Crippen molar-refractivity contribution in [2.45, 2.75) is 69.9 Å². The molecule has 31 heavy (non-hydrogen) atoms. The summed E-state index contributed by atoms with van der Waals surface area (Å²) in [6, 6.07) is 8.13. The highest BCUT2D eigenvalue weighted by molar-refractivity contribution is 14.0. The van der Waals surface area contributed by atoms with Gasteiger partial charge in [0.25, 0.3) is 0 Å². The Morgan fingerprint density at radius 1 is 1.10 bits per heavy atom. The number of benzene rings is 1. The first kappa shape index (κ1) is 26.2. The molecule has 2 atom stereocenters. The molecule has 0 bridgehead atoms. The van der Waals surface area contributed by atoms with Crippen LogP contribution in [0.4, 0.5) is 13.2 Å². The molecular formula is C22H34F3IN4O. The Morgan fingerprint density at radius 2 is 1.74 bits per heavy atom. The predicted octanol–water partition coefficient (Wildman–Crippen LogP) is 4.05. The fourth-order valence-electron chi connectivity index (χ4n) is 4.29. The Balaban J connectivity index is 0.00000341. The zero-order valence-corrected chi connectivity index (χ0v) is 20.3. The zero-order valence-electron chi connectivity index (χ0n) is 18.0. The average molecular weight is 554 g/mol. The second-order valence-electron chi connectivity index (χ2n) is 8.50. The predicted molar refractivity (Wildman–Crippen MR) is 128 cm³/mol. The van der Waals surface area contributed by atoms with Gasteiger partial charge < -0.3 is 15.7 Å². The quantitative estimate of drug-likeness (QED) is 0.292. The molecule has 5 nitrogen and oxygen atoms in total. The molecule has 1 saturated heterocycles. The van der Waals surface area contributed by atoms with Crippen LogP contribution in [0.15, 0.2) is 29.3 Å². The second kappa shape index (κ2) is 12.2. The fourth-order valence-corrected chi connectivity index (χ4v) is 4.29. The molecule has 1 heterocycles. The van der Waals surface area contributed by atoms with E-state index in [1.54, 1.807) is 7.05 Å². The maximum Gasteiger partial charge on any atom is 0.391 e. The molecular weight excluding hydrogens is 520 g/mol. The minimum atomic E-state index is -4.12. The van der Waals surface area contributed by atoms with Gasteiger partial charge in [0, 0.05) is 39.3 Å². The van der Waals surface area contributed by atoms with Crippen LogP contribution in [0, 0.1) is 5.92 Å². The zero-order chi connectivity index (χ0) is 21.6. The summed E-state index contributed by atoms with van der Waals surface area (Å²) in [5, 5.41) is 16.0. The van der Waals surface area contributed by atoms with Gasteiger partial charge in [-0.25, -0.2) is 0 Å². The highest BCUT2D eigenvalue weighted by Crippen LogP contribution is 2.37. The molecule has 2 fully saturated rings. The van der Waals surface area contributed by atoms with Crippen molar-refractivity contribution in [1.29, 1.82) is 0 Å². The molecule has 2 unspecified atom stereocenters. The lowest BCUT2D eigenvalue weighted by atomic mass is 9.85. The van der Waals surface area contributed by atoms with E-state index < -0.39 is 12.1 Å². The van der Waals surface area contributed by atoms with Crippen molar-refractivity contribution < 1.29 is 18.3 Å². The Bertz CT molecular complexity index is 691. The summed E-state index contributed by atoms with van der Waals surface area (Å²) in [5.41, 5.74) is 2.32. The third-order valence-corrected chi connectivity index (χ3v) is 6.15. The number of nitrogens with one attached hydrogen (secondary N) is 2. The van der Waals surface area contributed by atoms with Crippen LogP contribution in [0.1, 0.15) is 49.7 Å². The number of aliphatic hydroxyl groups excluding tert-OH is 1. The molecule has 176 valence electrons. The highest BCUT2D eigenvalue weighted by Gasteiger charge is 2.42. The van der Waals surface area contributed by atoms with Crippen LogP contribution in [0.25, 0.3) is 0 Å². The lowest BCUT2D eigenvalue weighted by Crippen LogP contribution is -2.46. The summed E-state index contributed by atoms with van der Waals surface area (Å²) in [5.74, 6) is -0.684. The molecule has 0 radical (unpaired) electrons. The number of alkyl halides is 3. The minimum Gasteiger partial charge on any atom is -0.393 e. The Kier molecular flexibility index (Phi) is 10.3. The Morgan fingerprint density at radius 3 is 2.35 bits per heavy atom. The Labute approximate surface area is 199 Å².